The van der Waals surface area contributed by atoms with Gasteiger partial charge < -0.3 is 9.84 Å². The van der Waals surface area contributed by atoms with Crippen LogP contribution >= 0.6 is 0 Å². The van der Waals surface area contributed by atoms with Crippen molar-refractivity contribution in [2.24, 2.45) is 0 Å². The van der Waals surface area contributed by atoms with E-state index in [9.17, 15) is 0 Å². The van der Waals surface area contributed by atoms with Gasteiger partial charge in [0.15, 0.2) is 0 Å². The second-order valence-corrected chi connectivity index (χ2v) is 6.74. The smallest absolute Gasteiger partial charge is 0.0644 e. The van der Waals surface area contributed by atoms with Crippen LogP contribution in [0.5, 0.6) is 0 Å². The molecule has 23 heavy (non-hydrogen) atoms. The molecule has 0 radical (unpaired) electrons. The molecular weight excluding hydrogens is 284 g/mol. The Morgan fingerprint density at radius 3 is 1.26 bits per heavy atom. The highest BCUT2D eigenvalue weighted by Gasteiger charge is 1.95. The Morgan fingerprint density at radius 2 is 0.913 bits per heavy atom. The van der Waals surface area contributed by atoms with E-state index in [1.165, 1.54) is 96.3 Å². The maximum absolute atomic E-state index is 8.70. The van der Waals surface area contributed by atoms with E-state index in [-0.39, 0.29) is 0 Å². The summed E-state index contributed by atoms with van der Waals surface area (Å²) in [5.74, 6) is 0. The van der Waals surface area contributed by atoms with Crippen LogP contribution in [0.2, 0.25) is 0 Å². The van der Waals surface area contributed by atoms with Gasteiger partial charge in [0.05, 0.1) is 6.61 Å². The number of ether oxygens (including phenoxy) is 1. The Balaban J connectivity index is 2.93. The lowest BCUT2D eigenvalue weighted by atomic mass is 10.0. The fourth-order valence-corrected chi connectivity index (χ4v) is 2.96. The van der Waals surface area contributed by atoms with Crippen LogP contribution in [-0.4, -0.2) is 24.9 Å². The van der Waals surface area contributed by atoms with Crippen molar-refractivity contribution < 1.29 is 9.84 Å². The Kier molecular flexibility index (Phi) is 21.3. The monoisotopic (exact) mass is 326 g/mol. The molecule has 0 aromatic rings. The van der Waals surface area contributed by atoms with Crippen molar-refractivity contribution in [1.29, 1.82) is 0 Å². The SMILES string of the molecule is C=CCOCCCCCCCCCCCCCCCCCCO. The maximum atomic E-state index is 8.70. The summed E-state index contributed by atoms with van der Waals surface area (Å²) in [4.78, 5) is 0. The predicted octanol–water partition coefficient (Wildman–Crippen LogP) is 6.42. The standard InChI is InChI=1S/C21H42O2/c1-2-20-23-21-18-16-14-12-10-8-6-4-3-5-7-9-11-13-15-17-19-22/h2,22H,1,3-21H2. The first-order valence-electron chi connectivity index (χ1n) is 10.2. The van der Waals surface area contributed by atoms with Crippen LogP contribution in [0.4, 0.5) is 0 Å². The molecular formula is C21H42O2. The van der Waals surface area contributed by atoms with Crippen LogP contribution in [0.25, 0.3) is 0 Å². The number of aliphatic hydroxyl groups is 1. The molecule has 0 aliphatic rings. The molecule has 138 valence electrons. The Morgan fingerprint density at radius 1 is 0.565 bits per heavy atom. The number of aliphatic hydroxyl groups excluding tert-OH is 1. The molecule has 0 spiro atoms. The van der Waals surface area contributed by atoms with E-state index in [0.717, 1.165) is 13.0 Å². The van der Waals surface area contributed by atoms with Crippen LogP contribution in [0.3, 0.4) is 0 Å². The summed E-state index contributed by atoms with van der Waals surface area (Å²) in [6, 6.07) is 0. The Hall–Kier alpha value is -0.340. The van der Waals surface area contributed by atoms with Crippen molar-refractivity contribution >= 4 is 0 Å². The minimum absolute atomic E-state index is 0.365. The second kappa shape index (κ2) is 21.7. The molecule has 0 aromatic carbocycles. The third kappa shape index (κ3) is 21.7. The van der Waals surface area contributed by atoms with Crippen molar-refractivity contribution in [3.8, 4) is 0 Å². The van der Waals surface area contributed by atoms with E-state index < -0.39 is 0 Å². The molecule has 0 saturated carbocycles. The molecule has 0 aromatic heterocycles. The van der Waals surface area contributed by atoms with Crippen molar-refractivity contribution in [2.75, 3.05) is 19.8 Å². The van der Waals surface area contributed by atoms with Gasteiger partial charge in [-0.2, -0.15) is 0 Å². The van der Waals surface area contributed by atoms with E-state index in [0.29, 0.717) is 13.2 Å². The Bertz CT molecular complexity index is 216. The fourth-order valence-electron chi connectivity index (χ4n) is 2.96. The molecule has 0 unspecified atom stereocenters. The average molecular weight is 327 g/mol. The van der Waals surface area contributed by atoms with Crippen LogP contribution < -0.4 is 0 Å². The quantitative estimate of drug-likeness (QED) is 0.206. The molecule has 0 atom stereocenters. The van der Waals surface area contributed by atoms with E-state index in [4.69, 9.17) is 9.84 Å². The molecule has 0 aliphatic carbocycles. The second-order valence-electron chi connectivity index (χ2n) is 6.74. The van der Waals surface area contributed by atoms with Gasteiger partial charge in [-0.25, -0.2) is 0 Å². The van der Waals surface area contributed by atoms with Crippen LogP contribution in [-0.2, 0) is 4.74 Å². The number of hydrogen-bond acceptors (Lipinski definition) is 2. The van der Waals surface area contributed by atoms with Crippen LogP contribution in [0.1, 0.15) is 103 Å². The summed E-state index contributed by atoms with van der Waals surface area (Å²) < 4.78 is 5.38. The van der Waals surface area contributed by atoms with Gasteiger partial charge in [0, 0.05) is 13.2 Å². The van der Waals surface area contributed by atoms with Gasteiger partial charge in [0.2, 0.25) is 0 Å². The summed E-state index contributed by atoms with van der Waals surface area (Å²) in [6.45, 7) is 5.60. The molecule has 0 amide bonds. The lowest BCUT2D eigenvalue weighted by Gasteiger charge is -2.04. The van der Waals surface area contributed by atoms with Crippen molar-refractivity contribution in [1.82, 2.24) is 0 Å². The predicted molar refractivity (Wildman–Crippen MR) is 102 cm³/mol. The van der Waals surface area contributed by atoms with E-state index >= 15 is 0 Å². The maximum Gasteiger partial charge on any atom is 0.0644 e. The highest BCUT2D eigenvalue weighted by atomic mass is 16.5. The third-order valence-corrected chi connectivity index (χ3v) is 4.43. The van der Waals surface area contributed by atoms with Crippen LogP contribution in [0, 0.1) is 0 Å². The van der Waals surface area contributed by atoms with Gasteiger partial charge >= 0.3 is 0 Å². The fraction of sp³-hybridized carbons (Fsp3) is 0.905. The van der Waals surface area contributed by atoms with Crippen molar-refractivity contribution in [2.45, 2.75) is 103 Å². The van der Waals surface area contributed by atoms with E-state index in [1.807, 2.05) is 6.08 Å². The van der Waals surface area contributed by atoms with E-state index in [1.54, 1.807) is 0 Å². The van der Waals surface area contributed by atoms with Gasteiger partial charge in [-0.15, -0.1) is 6.58 Å². The summed E-state index contributed by atoms with van der Waals surface area (Å²) in [6.07, 6.45) is 23.3. The summed E-state index contributed by atoms with van der Waals surface area (Å²) in [7, 11) is 0. The molecule has 0 rings (SSSR count). The van der Waals surface area contributed by atoms with Crippen molar-refractivity contribution in [3.63, 3.8) is 0 Å². The summed E-state index contributed by atoms with van der Waals surface area (Å²) in [5.41, 5.74) is 0. The molecule has 0 bridgehead atoms. The first kappa shape index (κ1) is 22.7. The first-order chi connectivity index (χ1) is 11.4. The largest absolute Gasteiger partial charge is 0.396 e. The summed E-state index contributed by atoms with van der Waals surface area (Å²) >= 11 is 0. The lowest BCUT2D eigenvalue weighted by molar-refractivity contribution is 0.157. The van der Waals surface area contributed by atoms with Gasteiger partial charge in [-0.3, -0.25) is 0 Å². The zero-order chi connectivity index (χ0) is 16.8. The van der Waals surface area contributed by atoms with E-state index in [2.05, 4.69) is 6.58 Å². The average Bonchev–Trinajstić information content (AvgIpc) is 2.57. The minimum atomic E-state index is 0.365. The molecule has 0 aliphatic heterocycles. The van der Waals surface area contributed by atoms with Crippen LogP contribution in [0.15, 0.2) is 12.7 Å². The topological polar surface area (TPSA) is 29.5 Å². The molecule has 0 fully saturated rings. The lowest BCUT2D eigenvalue weighted by Crippen LogP contribution is -1.93. The number of hydrogen-bond donors (Lipinski definition) is 1. The normalized spacial score (nSPS) is 11.0. The number of rotatable bonds is 20. The first-order valence-corrected chi connectivity index (χ1v) is 10.2. The van der Waals surface area contributed by atoms with Gasteiger partial charge in [0.25, 0.3) is 0 Å². The minimum Gasteiger partial charge on any atom is -0.396 e. The molecule has 1 N–H and O–H groups in total. The van der Waals surface area contributed by atoms with Crippen molar-refractivity contribution in [3.05, 3.63) is 12.7 Å². The number of unbranched alkanes of at least 4 members (excludes halogenated alkanes) is 15. The highest BCUT2D eigenvalue weighted by Crippen LogP contribution is 2.13. The molecule has 0 heterocycles. The highest BCUT2D eigenvalue weighted by molar-refractivity contribution is 4.63. The zero-order valence-electron chi connectivity index (χ0n) is 15.6. The molecule has 2 nitrogen and oxygen atoms in total. The van der Waals surface area contributed by atoms with Gasteiger partial charge in [-0.05, 0) is 12.8 Å². The van der Waals surface area contributed by atoms with Gasteiger partial charge in [0.1, 0.15) is 0 Å². The Labute approximate surface area is 145 Å². The third-order valence-electron chi connectivity index (χ3n) is 4.43. The zero-order valence-corrected chi connectivity index (χ0v) is 15.6. The molecule has 0 saturated heterocycles. The summed E-state index contributed by atoms with van der Waals surface area (Å²) in [5, 5.41) is 8.70. The molecule has 2 heteroatoms. The van der Waals surface area contributed by atoms with Gasteiger partial charge in [-0.1, -0.05) is 96.0 Å².